The summed E-state index contributed by atoms with van der Waals surface area (Å²) in [6.45, 7) is 0. The summed E-state index contributed by atoms with van der Waals surface area (Å²) in [6.07, 6.45) is 2.02. The molecule has 4 nitrogen and oxygen atoms in total. The maximum absolute atomic E-state index is 11.3. The third-order valence-electron chi connectivity index (χ3n) is 2.63. The molecule has 2 rings (SSSR count). The van der Waals surface area contributed by atoms with E-state index in [-0.39, 0.29) is 12.1 Å². The van der Waals surface area contributed by atoms with E-state index in [4.69, 9.17) is 5.73 Å². The number of hydrogen-bond acceptors (Lipinski definition) is 3. The Hall–Kier alpha value is -1.49. The van der Waals surface area contributed by atoms with E-state index in [1.54, 1.807) is 23.7 Å². The topological polar surface area (TPSA) is 58.7 Å². The van der Waals surface area contributed by atoms with E-state index >= 15 is 0 Å². The number of hydrogen-bond donors (Lipinski definition) is 1. The molecule has 0 saturated heterocycles. The first kappa shape index (κ1) is 11.0. The van der Waals surface area contributed by atoms with E-state index in [0.717, 1.165) is 5.56 Å². The van der Waals surface area contributed by atoms with Gasteiger partial charge in [0, 0.05) is 11.9 Å². The summed E-state index contributed by atoms with van der Waals surface area (Å²) in [7, 11) is 1.71. The molecule has 1 aliphatic rings. The number of thioether (sulfide) groups is 1. The lowest BCUT2D eigenvalue weighted by atomic mass is 10.1. The number of aliphatic imine (C=N–C) groups is 1. The van der Waals surface area contributed by atoms with Crippen LogP contribution in [0.2, 0.25) is 0 Å². The molecule has 2 amide bonds. The molecule has 0 bridgehead atoms. The Labute approximate surface area is 98.5 Å². The molecule has 5 heteroatoms. The van der Waals surface area contributed by atoms with Crippen LogP contribution >= 0.6 is 11.8 Å². The van der Waals surface area contributed by atoms with Crippen molar-refractivity contribution < 1.29 is 4.79 Å². The van der Waals surface area contributed by atoms with Crippen LogP contribution in [-0.2, 0) is 0 Å². The molecule has 1 atom stereocenters. The average Bonchev–Trinajstić information content (AvgIpc) is 2.54. The fourth-order valence-electron chi connectivity index (χ4n) is 1.74. The second kappa shape index (κ2) is 4.17. The van der Waals surface area contributed by atoms with Crippen LogP contribution in [0.15, 0.2) is 34.2 Å². The Morgan fingerprint density at radius 1 is 1.38 bits per heavy atom. The SMILES string of the molecule is CSc1ccc(C2C(N)=NC(=O)N2C)cc1. The molecule has 0 saturated carbocycles. The number of urea groups is 1. The molecule has 16 heavy (non-hydrogen) atoms. The second-order valence-electron chi connectivity index (χ2n) is 3.61. The zero-order valence-electron chi connectivity index (χ0n) is 9.18. The van der Waals surface area contributed by atoms with Crippen LogP contribution in [-0.4, -0.2) is 30.1 Å². The van der Waals surface area contributed by atoms with Gasteiger partial charge in [0.15, 0.2) is 0 Å². The maximum atomic E-state index is 11.3. The second-order valence-corrected chi connectivity index (χ2v) is 4.49. The van der Waals surface area contributed by atoms with Gasteiger partial charge in [-0.25, -0.2) is 4.79 Å². The summed E-state index contributed by atoms with van der Waals surface area (Å²) >= 11 is 1.68. The number of nitrogens with two attached hydrogens (primary N) is 1. The minimum Gasteiger partial charge on any atom is -0.385 e. The Morgan fingerprint density at radius 3 is 2.44 bits per heavy atom. The van der Waals surface area contributed by atoms with Crippen molar-refractivity contribution in [1.29, 1.82) is 0 Å². The summed E-state index contributed by atoms with van der Waals surface area (Å²) in [5, 5.41) is 0. The molecule has 1 heterocycles. The first-order valence-corrected chi connectivity index (χ1v) is 6.10. The number of likely N-dealkylation sites (N-methyl/N-ethyl adjacent to an activating group) is 1. The average molecular weight is 235 g/mol. The van der Waals surface area contributed by atoms with Gasteiger partial charge in [-0.2, -0.15) is 4.99 Å². The predicted molar refractivity (Wildman–Crippen MR) is 65.7 cm³/mol. The highest BCUT2D eigenvalue weighted by atomic mass is 32.2. The molecule has 1 unspecified atom stereocenters. The van der Waals surface area contributed by atoms with Crippen LogP contribution in [0.4, 0.5) is 4.79 Å². The van der Waals surface area contributed by atoms with Crippen molar-refractivity contribution >= 4 is 23.6 Å². The number of benzene rings is 1. The van der Waals surface area contributed by atoms with Crippen LogP contribution in [0.1, 0.15) is 11.6 Å². The number of nitrogens with zero attached hydrogens (tertiary/aromatic N) is 2. The van der Waals surface area contributed by atoms with Crippen molar-refractivity contribution in [2.75, 3.05) is 13.3 Å². The van der Waals surface area contributed by atoms with Gasteiger partial charge in [-0.1, -0.05) is 12.1 Å². The van der Waals surface area contributed by atoms with E-state index < -0.39 is 0 Å². The van der Waals surface area contributed by atoms with Crippen molar-refractivity contribution in [3.63, 3.8) is 0 Å². The van der Waals surface area contributed by atoms with Crippen LogP contribution in [0.5, 0.6) is 0 Å². The van der Waals surface area contributed by atoms with Crippen molar-refractivity contribution in [2.24, 2.45) is 10.7 Å². The molecule has 0 aliphatic carbocycles. The fraction of sp³-hybridized carbons (Fsp3) is 0.273. The lowest BCUT2D eigenvalue weighted by molar-refractivity contribution is 0.218. The Balaban J connectivity index is 2.30. The molecule has 1 aliphatic heterocycles. The van der Waals surface area contributed by atoms with Crippen LogP contribution in [0.3, 0.4) is 0 Å². The van der Waals surface area contributed by atoms with Gasteiger partial charge < -0.3 is 10.6 Å². The molecular weight excluding hydrogens is 222 g/mol. The first-order valence-electron chi connectivity index (χ1n) is 4.88. The molecule has 1 aromatic rings. The van der Waals surface area contributed by atoms with Gasteiger partial charge in [0.1, 0.15) is 11.9 Å². The van der Waals surface area contributed by atoms with Crippen molar-refractivity contribution in [3.05, 3.63) is 29.8 Å². The third-order valence-corrected chi connectivity index (χ3v) is 3.37. The summed E-state index contributed by atoms with van der Waals surface area (Å²) in [5.41, 5.74) is 6.74. The highest BCUT2D eigenvalue weighted by Gasteiger charge is 2.31. The van der Waals surface area contributed by atoms with Gasteiger partial charge in [0.05, 0.1) is 0 Å². The van der Waals surface area contributed by atoms with Gasteiger partial charge in [0.2, 0.25) is 0 Å². The lowest BCUT2D eigenvalue weighted by Gasteiger charge is -2.19. The van der Waals surface area contributed by atoms with Crippen LogP contribution in [0.25, 0.3) is 0 Å². The molecule has 0 fully saturated rings. The molecule has 84 valence electrons. The summed E-state index contributed by atoms with van der Waals surface area (Å²) < 4.78 is 0. The Bertz CT molecular complexity index is 441. The molecule has 2 N–H and O–H groups in total. The number of carbonyl (C=O) groups excluding carboxylic acids is 1. The highest BCUT2D eigenvalue weighted by Crippen LogP contribution is 2.26. The van der Waals surface area contributed by atoms with Gasteiger partial charge in [-0.3, -0.25) is 0 Å². The summed E-state index contributed by atoms with van der Waals surface area (Å²) in [4.78, 5) is 17.8. The van der Waals surface area contributed by atoms with Gasteiger partial charge in [-0.05, 0) is 24.0 Å². The molecule has 0 aromatic heterocycles. The van der Waals surface area contributed by atoms with E-state index in [2.05, 4.69) is 4.99 Å². The van der Waals surface area contributed by atoms with Gasteiger partial charge >= 0.3 is 6.03 Å². The van der Waals surface area contributed by atoms with E-state index in [0.29, 0.717) is 5.84 Å². The van der Waals surface area contributed by atoms with Crippen molar-refractivity contribution in [1.82, 2.24) is 4.90 Å². The standard InChI is InChI=1S/C11H13N3OS/c1-14-9(10(12)13-11(14)15)7-3-5-8(16-2)6-4-7/h3-6,9H,1-2H3,(H2,12,13,15). The van der Waals surface area contributed by atoms with Crippen molar-refractivity contribution in [2.45, 2.75) is 10.9 Å². The zero-order chi connectivity index (χ0) is 11.7. The first-order chi connectivity index (χ1) is 7.63. The minimum atomic E-state index is -0.281. The number of rotatable bonds is 2. The quantitative estimate of drug-likeness (QED) is 0.796. The molecule has 0 spiro atoms. The van der Waals surface area contributed by atoms with E-state index in [1.807, 2.05) is 30.5 Å². The Morgan fingerprint density at radius 2 is 2.00 bits per heavy atom. The fourth-order valence-corrected chi connectivity index (χ4v) is 2.15. The lowest BCUT2D eigenvalue weighted by Crippen LogP contribution is -2.29. The van der Waals surface area contributed by atoms with E-state index in [9.17, 15) is 4.79 Å². The summed E-state index contributed by atoms with van der Waals surface area (Å²) in [5.74, 6) is 0.365. The molecular formula is C11H13N3OS. The van der Waals surface area contributed by atoms with Crippen molar-refractivity contribution in [3.8, 4) is 0 Å². The highest BCUT2D eigenvalue weighted by molar-refractivity contribution is 7.98. The predicted octanol–water partition coefficient (Wildman–Crippen LogP) is 1.87. The van der Waals surface area contributed by atoms with Crippen LogP contribution < -0.4 is 5.73 Å². The molecule has 1 aromatic carbocycles. The largest absolute Gasteiger partial charge is 0.385 e. The third kappa shape index (κ3) is 1.78. The zero-order valence-corrected chi connectivity index (χ0v) is 9.99. The number of amidine groups is 1. The monoisotopic (exact) mass is 235 g/mol. The number of carbonyl (C=O) groups is 1. The summed E-state index contributed by atoms with van der Waals surface area (Å²) in [6, 6.07) is 7.50. The van der Waals surface area contributed by atoms with E-state index in [1.165, 1.54) is 4.90 Å². The number of amides is 2. The van der Waals surface area contributed by atoms with Crippen LogP contribution in [0, 0.1) is 0 Å². The van der Waals surface area contributed by atoms with Gasteiger partial charge in [0.25, 0.3) is 0 Å². The normalized spacial score (nSPS) is 20.1. The minimum absolute atomic E-state index is 0.219. The smallest absolute Gasteiger partial charge is 0.345 e. The maximum Gasteiger partial charge on any atom is 0.345 e. The van der Waals surface area contributed by atoms with Gasteiger partial charge in [-0.15, -0.1) is 11.8 Å². The Kier molecular flexibility index (Phi) is 2.87. The molecule has 0 radical (unpaired) electrons.